The van der Waals surface area contributed by atoms with Gasteiger partial charge in [-0.1, -0.05) is 30.3 Å². The zero-order chi connectivity index (χ0) is 21.5. The first-order valence-corrected chi connectivity index (χ1v) is 12.2. The van der Waals surface area contributed by atoms with E-state index in [1.54, 1.807) is 11.3 Å². The lowest BCUT2D eigenvalue weighted by atomic mass is 10.1. The van der Waals surface area contributed by atoms with Crippen LogP contribution in [0.2, 0.25) is 0 Å². The molecule has 6 nitrogen and oxygen atoms in total. The largest absolute Gasteiger partial charge is 0.376 e. The third-order valence-electron chi connectivity index (χ3n) is 6.07. The van der Waals surface area contributed by atoms with Crippen LogP contribution in [0, 0.1) is 6.92 Å². The standard InChI is InChI=1S/C24H34N4O2S.HI/c1-18-22(31-23(27-18)19-8-4-3-5-9-19)16-26-24(25-2)28-13-11-20(12-14-28)30-17-21-10-6-7-15-29-21;/h3-5,8-9,20-21H,6-7,10-17H2,1-2H3,(H,25,26);1H. The Morgan fingerprint density at radius 1 is 1.22 bits per heavy atom. The highest BCUT2D eigenvalue weighted by molar-refractivity contribution is 14.0. The number of aryl methyl sites for hydroxylation is 1. The van der Waals surface area contributed by atoms with Gasteiger partial charge in [-0.2, -0.15) is 0 Å². The van der Waals surface area contributed by atoms with Crippen molar-refractivity contribution in [2.24, 2.45) is 4.99 Å². The molecule has 0 radical (unpaired) electrons. The van der Waals surface area contributed by atoms with Crippen LogP contribution in [-0.2, 0) is 16.0 Å². The van der Waals surface area contributed by atoms with Crippen molar-refractivity contribution in [3.8, 4) is 10.6 Å². The van der Waals surface area contributed by atoms with Gasteiger partial charge in [0.15, 0.2) is 5.96 Å². The van der Waals surface area contributed by atoms with Crippen LogP contribution in [0.1, 0.15) is 42.7 Å². The molecule has 2 aromatic rings. The van der Waals surface area contributed by atoms with Crippen molar-refractivity contribution in [3.63, 3.8) is 0 Å². The first-order chi connectivity index (χ1) is 15.2. The molecule has 2 aliphatic rings. The van der Waals surface area contributed by atoms with Gasteiger partial charge in [-0.15, -0.1) is 35.3 Å². The molecule has 2 saturated heterocycles. The average Bonchev–Trinajstić information content (AvgIpc) is 3.20. The predicted molar refractivity (Wildman–Crippen MR) is 142 cm³/mol. The van der Waals surface area contributed by atoms with Gasteiger partial charge in [0.1, 0.15) is 5.01 Å². The Morgan fingerprint density at radius 3 is 2.69 bits per heavy atom. The number of thiazole rings is 1. The van der Waals surface area contributed by atoms with Crippen LogP contribution < -0.4 is 5.32 Å². The number of likely N-dealkylation sites (tertiary alicyclic amines) is 1. The molecular weight excluding hydrogens is 535 g/mol. The Labute approximate surface area is 212 Å². The topological polar surface area (TPSA) is 59.0 Å². The van der Waals surface area contributed by atoms with Crippen molar-refractivity contribution < 1.29 is 9.47 Å². The zero-order valence-corrected chi connectivity index (χ0v) is 22.2. The fourth-order valence-electron chi connectivity index (χ4n) is 4.20. The number of aliphatic imine (C=N–C) groups is 1. The first-order valence-electron chi connectivity index (χ1n) is 11.4. The molecule has 1 N–H and O–H groups in total. The smallest absolute Gasteiger partial charge is 0.193 e. The van der Waals surface area contributed by atoms with Gasteiger partial charge < -0.3 is 19.7 Å². The Bertz CT molecular complexity index is 847. The van der Waals surface area contributed by atoms with Gasteiger partial charge in [0.25, 0.3) is 0 Å². The molecule has 1 aromatic carbocycles. The Kier molecular flexibility index (Phi) is 10.2. The molecule has 1 aromatic heterocycles. The number of halogens is 1. The molecule has 0 saturated carbocycles. The average molecular weight is 571 g/mol. The summed E-state index contributed by atoms with van der Waals surface area (Å²) in [6.45, 7) is 6.40. The molecule has 1 unspecified atom stereocenters. The summed E-state index contributed by atoms with van der Waals surface area (Å²) in [5.41, 5.74) is 2.26. The lowest BCUT2D eigenvalue weighted by molar-refractivity contribution is -0.0721. The molecule has 4 rings (SSSR count). The number of benzene rings is 1. The van der Waals surface area contributed by atoms with Gasteiger partial charge in [-0.05, 0) is 39.0 Å². The molecule has 32 heavy (non-hydrogen) atoms. The number of rotatable bonds is 6. The second kappa shape index (κ2) is 12.9. The quantitative estimate of drug-likeness (QED) is 0.306. The molecule has 176 valence electrons. The number of hydrogen-bond acceptors (Lipinski definition) is 5. The van der Waals surface area contributed by atoms with Crippen LogP contribution in [0.5, 0.6) is 0 Å². The van der Waals surface area contributed by atoms with Crippen LogP contribution in [0.3, 0.4) is 0 Å². The Hall–Kier alpha value is -1.23. The molecule has 1 atom stereocenters. The molecule has 0 amide bonds. The highest BCUT2D eigenvalue weighted by atomic mass is 127. The zero-order valence-electron chi connectivity index (χ0n) is 19.1. The minimum Gasteiger partial charge on any atom is -0.376 e. The third-order valence-corrected chi connectivity index (χ3v) is 7.27. The van der Waals surface area contributed by atoms with E-state index < -0.39 is 0 Å². The summed E-state index contributed by atoms with van der Waals surface area (Å²) in [6.07, 6.45) is 6.28. The molecule has 0 spiro atoms. The van der Waals surface area contributed by atoms with E-state index in [0.29, 0.717) is 12.2 Å². The van der Waals surface area contributed by atoms with E-state index in [2.05, 4.69) is 46.4 Å². The maximum Gasteiger partial charge on any atom is 0.193 e. The second-order valence-corrected chi connectivity index (χ2v) is 9.39. The van der Waals surface area contributed by atoms with Gasteiger partial charge in [-0.3, -0.25) is 4.99 Å². The van der Waals surface area contributed by atoms with E-state index in [4.69, 9.17) is 14.5 Å². The van der Waals surface area contributed by atoms with Crippen molar-refractivity contribution in [3.05, 3.63) is 40.9 Å². The first kappa shape index (κ1) is 25.4. The van der Waals surface area contributed by atoms with Crippen molar-refractivity contribution in [2.75, 3.05) is 33.4 Å². The fourth-order valence-corrected chi connectivity index (χ4v) is 5.21. The molecular formula is C24H35IN4O2S. The second-order valence-electron chi connectivity index (χ2n) is 8.30. The van der Waals surface area contributed by atoms with Crippen LogP contribution in [0.25, 0.3) is 10.6 Å². The van der Waals surface area contributed by atoms with Gasteiger partial charge in [0.2, 0.25) is 0 Å². The van der Waals surface area contributed by atoms with Crippen molar-refractivity contribution >= 4 is 41.3 Å². The summed E-state index contributed by atoms with van der Waals surface area (Å²) in [4.78, 5) is 12.9. The summed E-state index contributed by atoms with van der Waals surface area (Å²) >= 11 is 1.75. The number of ether oxygens (including phenoxy) is 2. The van der Waals surface area contributed by atoms with Crippen molar-refractivity contribution in [1.82, 2.24) is 15.2 Å². The van der Waals surface area contributed by atoms with E-state index in [1.165, 1.54) is 23.3 Å². The minimum absolute atomic E-state index is 0. The number of piperidine rings is 1. The fraction of sp³-hybridized carbons (Fsp3) is 0.583. The van der Waals surface area contributed by atoms with Crippen molar-refractivity contribution in [1.29, 1.82) is 0 Å². The molecule has 2 aliphatic heterocycles. The number of guanidine groups is 1. The van der Waals surface area contributed by atoms with Crippen molar-refractivity contribution in [2.45, 2.75) is 57.8 Å². The highest BCUT2D eigenvalue weighted by Gasteiger charge is 2.24. The monoisotopic (exact) mass is 570 g/mol. The number of aromatic nitrogens is 1. The van der Waals surface area contributed by atoms with E-state index in [0.717, 1.165) is 68.8 Å². The predicted octanol–water partition coefficient (Wildman–Crippen LogP) is 4.86. The lowest BCUT2D eigenvalue weighted by Gasteiger charge is -2.35. The summed E-state index contributed by atoms with van der Waals surface area (Å²) in [5, 5.41) is 4.62. The Morgan fingerprint density at radius 2 is 2.00 bits per heavy atom. The number of nitrogens with zero attached hydrogens (tertiary/aromatic N) is 3. The van der Waals surface area contributed by atoms with Crippen LogP contribution in [0.4, 0.5) is 0 Å². The van der Waals surface area contributed by atoms with Crippen LogP contribution in [-0.4, -0.2) is 61.4 Å². The molecule has 8 heteroatoms. The lowest BCUT2D eigenvalue weighted by Crippen LogP contribution is -2.47. The normalized spacial score (nSPS) is 20.1. The third kappa shape index (κ3) is 6.88. The molecule has 3 heterocycles. The SMILES string of the molecule is CN=C(NCc1sc(-c2ccccc2)nc1C)N1CCC(OCC2CCCCO2)CC1.I. The summed E-state index contributed by atoms with van der Waals surface area (Å²) in [5.74, 6) is 0.961. The van der Waals surface area contributed by atoms with Gasteiger partial charge in [0, 0.05) is 37.2 Å². The molecule has 2 fully saturated rings. The molecule has 0 bridgehead atoms. The number of hydrogen-bond donors (Lipinski definition) is 1. The molecule has 0 aliphatic carbocycles. The summed E-state index contributed by atoms with van der Waals surface area (Å²) in [6, 6.07) is 10.4. The Balaban J connectivity index is 0.00000289. The van der Waals surface area contributed by atoms with E-state index in [9.17, 15) is 0 Å². The summed E-state index contributed by atoms with van der Waals surface area (Å²) in [7, 11) is 1.86. The van der Waals surface area contributed by atoms with Gasteiger partial charge in [0.05, 0.1) is 31.1 Å². The van der Waals surface area contributed by atoms with Crippen LogP contribution >= 0.6 is 35.3 Å². The minimum atomic E-state index is 0. The van der Waals surface area contributed by atoms with E-state index >= 15 is 0 Å². The maximum atomic E-state index is 6.16. The van der Waals surface area contributed by atoms with E-state index in [-0.39, 0.29) is 24.0 Å². The summed E-state index contributed by atoms with van der Waals surface area (Å²) < 4.78 is 11.9. The highest BCUT2D eigenvalue weighted by Crippen LogP contribution is 2.27. The van der Waals surface area contributed by atoms with E-state index in [1.807, 2.05) is 13.1 Å². The van der Waals surface area contributed by atoms with Gasteiger partial charge in [-0.25, -0.2) is 4.98 Å². The number of nitrogens with one attached hydrogen (secondary N) is 1. The maximum absolute atomic E-state index is 6.16. The van der Waals surface area contributed by atoms with Crippen LogP contribution in [0.15, 0.2) is 35.3 Å². The van der Waals surface area contributed by atoms with Gasteiger partial charge >= 0.3 is 0 Å².